The van der Waals surface area contributed by atoms with E-state index < -0.39 is 28.8 Å². The first-order valence-electron chi connectivity index (χ1n) is 10.8. The van der Waals surface area contributed by atoms with Gasteiger partial charge in [0.15, 0.2) is 0 Å². The molecule has 0 spiro atoms. The summed E-state index contributed by atoms with van der Waals surface area (Å²) in [6, 6.07) is 10.7. The molecule has 7 nitrogen and oxygen atoms in total. The van der Waals surface area contributed by atoms with Crippen molar-refractivity contribution < 1.29 is 31.1 Å². The smallest absolute Gasteiger partial charge is 0.346 e. The maximum absolute atomic E-state index is 14.3. The molecule has 1 unspecified atom stereocenters. The minimum Gasteiger partial charge on any atom is -0.346 e. The summed E-state index contributed by atoms with van der Waals surface area (Å²) < 4.78 is 79.1. The summed E-state index contributed by atoms with van der Waals surface area (Å²) in [7, 11) is 0. The van der Waals surface area contributed by atoms with Gasteiger partial charge in [0.2, 0.25) is 5.91 Å². The molecule has 1 atom stereocenters. The summed E-state index contributed by atoms with van der Waals surface area (Å²) in [5.74, 6) is -0.996. The van der Waals surface area contributed by atoms with E-state index in [1.807, 2.05) is 0 Å². The van der Waals surface area contributed by atoms with Crippen LogP contribution in [0, 0.1) is 11.7 Å². The Hall–Kier alpha value is -3.77. The van der Waals surface area contributed by atoms with Gasteiger partial charge in [-0.3, -0.25) is 9.35 Å². The number of carbonyl (C=O) groups excluding carboxylic acids is 1. The SMILES string of the molecule is O=C(Nc1cc(-c2ccc(N(c3cccc(F)c3)S(=O)O)cc2C(F)(F)F)c2cc[nH]c2n1)C1CC1. The van der Waals surface area contributed by atoms with Crippen molar-refractivity contribution in [1.29, 1.82) is 0 Å². The molecule has 1 amide bonds. The minimum absolute atomic E-state index is 0.0984. The van der Waals surface area contributed by atoms with Crippen LogP contribution < -0.4 is 9.62 Å². The van der Waals surface area contributed by atoms with E-state index in [-0.39, 0.29) is 45.8 Å². The summed E-state index contributed by atoms with van der Waals surface area (Å²) in [6.07, 6.45) is -1.83. The van der Waals surface area contributed by atoms with Crippen LogP contribution in [0.1, 0.15) is 18.4 Å². The van der Waals surface area contributed by atoms with Crippen molar-refractivity contribution in [2.75, 3.05) is 9.62 Å². The van der Waals surface area contributed by atoms with Gasteiger partial charge in [0.05, 0.1) is 16.9 Å². The summed E-state index contributed by atoms with van der Waals surface area (Å²) in [5.41, 5.74) is -1.22. The Labute approximate surface area is 204 Å². The fourth-order valence-corrected chi connectivity index (χ4v) is 4.55. The Morgan fingerprint density at radius 2 is 1.83 bits per heavy atom. The highest BCUT2D eigenvalue weighted by atomic mass is 32.2. The lowest BCUT2D eigenvalue weighted by molar-refractivity contribution is -0.137. The Bertz CT molecular complexity index is 1500. The van der Waals surface area contributed by atoms with E-state index in [2.05, 4.69) is 15.3 Å². The van der Waals surface area contributed by atoms with Gasteiger partial charge in [-0.2, -0.15) is 13.2 Å². The van der Waals surface area contributed by atoms with Gasteiger partial charge in [-0.15, -0.1) is 0 Å². The molecule has 1 aliphatic rings. The largest absolute Gasteiger partial charge is 0.417 e. The highest BCUT2D eigenvalue weighted by Gasteiger charge is 2.36. The molecule has 0 aliphatic heterocycles. The monoisotopic (exact) mass is 518 g/mol. The number of alkyl halides is 3. The Morgan fingerprint density at radius 3 is 2.50 bits per heavy atom. The molecule has 1 saturated carbocycles. The first-order valence-corrected chi connectivity index (χ1v) is 11.9. The summed E-state index contributed by atoms with van der Waals surface area (Å²) >= 11 is -2.79. The van der Waals surface area contributed by atoms with Gasteiger partial charge in [-0.25, -0.2) is 17.9 Å². The van der Waals surface area contributed by atoms with Crippen molar-refractivity contribution in [3.8, 4) is 11.1 Å². The van der Waals surface area contributed by atoms with Crippen molar-refractivity contribution in [2.45, 2.75) is 19.0 Å². The van der Waals surface area contributed by atoms with Crippen molar-refractivity contribution in [3.05, 3.63) is 72.2 Å². The number of nitrogens with zero attached hydrogens (tertiary/aromatic N) is 2. The predicted molar refractivity (Wildman–Crippen MR) is 127 cm³/mol. The van der Waals surface area contributed by atoms with E-state index >= 15 is 0 Å². The molecule has 2 heterocycles. The number of halogens is 4. The molecule has 0 bridgehead atoms. The number of benzene rings is 2. The van der Waals surface area contributed by atoms with Crippen LogP contribution in [0.15, 0.2) is 60.8 Å². The number of amides is 1. The number of pyridine rings is 1. The Kier molecular flexibility index (Phi) is 6.00. The summed E-state index contributed by atoms with van der Waals surface area (Å²) in [6.45, 7) is 0. The second-order valence-electron chi connectivity index (χ2n) is 8.29. The van der Waals surface area contributed by atoms with Crippen LogP contribution >= 0.6 is 0 Å². The number of H-pyrrole nitrogens is 1. The normalized spacial score (nSPS) is 14.6. The number of aromatic nitrogens is 2. The fraction of sp³-hybridized carbons (Fsp3) is 0.167. The van der Waals surface area contributed by atoms with Gasteiger partial charge >= 0.3 is 6.18 Å². The van der Waals surface area contributed by atoms with Gasteiger partial charge in [-0.05, 0) is 66.4 Å². The maximum Gasteiger partial charge on any atom is 0.417 e. The lowest BCUT2D eigenvalue weighted by Gasteiger charge is -2.23. The second kappa shape index (κ2) is 9.03. The molecule has 5 rings (SSSR count). The third kappa shape index (κ3) is 4.69. The van der Waals surface area contributed by atoms with E-state index in [0.29, 0.717) is 9.69 Å². The maximum atomic E-state index is 14.3. The topological polar surface area (TPSA) is 98.3 Å². The zero-order valence-electron chi connectivity index (χ0n) is 18.3. The molecule has 1 fully saturated rings. The van der Waals surface area contributed by atoms with Crippen LogP contribution in [-0.2, 0) is 22.2 Å². The Morgan fingerprint density at radius 1 is 1.08 bits per heavy atom. The number of fused-ring (bicyclic) bond motifs is 1. The van der Waals surface area contributed by atoms with E-state index in [1.165, 1.54) is 36.5 Å². The lowest BCUT2D eigenvalue weighted by atomic mass is 9.96. The van der Waals surface area contributed by atoms with Crippen molar-refractivity contribution in [1.82, 2.24) is 9.97 Å². The first-order chi connectivity index (χ1) is 17.1. The molecular formula is C24H18F4N4O3S. The van der Waals surface area contributed by atoms with Gasteiger partial charge in [0.1, 0.15) is 17.3 Å². The minimum atomic E-state index is -4.85. The van der Waals surface area contributed by atoms with Crippen LogP contribution in [0.3, 0.4) is 0 Å². The van der Waals surface area contributed by atoms with Crippen molar-refractivity contribution >= 4 is 45.4 Å². The molecule has 12 heteroatoms. The average molecular weight is 518 g/mol. The third-order valence-corrected chi connectivity index (χ3v) is 6.49. The van der Waals surface area contributed by atoms with Crippen LogP contribution in [0.25, 0.3) is 22.2 Å². The number of nitrogens with one attached hydrogen (secondary N) is 2. The molecule has 0 saturated heterocycles. The van der Waals surface area contributed by atoms with Crippen LogP contribution in [0.5, 0.6) is 0 Å². The highest BCUT2D eigenvalue weighted by molar-refractivity contribution is 7.81. The third-order valence-electron chi connectivity index (χ3n) is 5.76. The van der Waals surface area contributed by atoms with Crippen LogP contribution in [0.2, 0.25) is 0 Å². The average Bonchev–Trinajstić information content (AvgIpc) is 3.56. The zero-order valence-corrected chi connectivity index (χ0v) is 19.2. The molecule has 1 aliphatic carbocycles. The number of carbonyl (C=O) groups is 1. The van der Waals surface area contributed by atoms with Gasteiger partial charge in [0.25, 0.3) is 11.3 Å². The standard InChI is InChI=1S/C24H18F4N4O3S/c25-14-2-1-3-15(10-14)32(36(34)35)16-6-7-17(20(11-16)24(26,27)28)19-12-21(31-23(33)13-4-5-13)30-22-18(19)8-9-29-22/h1-3,6-13H,4-5H2,(H,34,35)(H2,29,30,31,33). The van der Waals surface area contributed by atoms with Gasteiger partial charge in [0, 0.05) is 17.5 Å². The molecule has 3 N–H and O–H groups in total. The molecule has 36 heavy (non-hydrogen) atoms. The number of aromatic amines is 1. The molecular weight excluding hydrogens is 500 g/mol. The number of anilines is 3. The summed E-state index contributed by atoms with van der Waals surface area (Å²) in [5, 5.41) is 3.05. The van der Waals surface area contributed by atoms with E-state index in [1.54, 1.807) is 6.07 Å². The van der Waals surface area contributed by atoms with Gasteiger partial charge < -0.3 is 10.3 Å². The second-order valence-corrected chi connectivity index (χ2v) is 9.12. The number of hydrogen-bond acceptors (Lipinski definition) is 3. The Balaban J connectivity index is 1.66. The van der Waals surface area contributed by atoms with Crippen LogP contribution in [0.4, 0.5) is 34.8 Å². The molecule has 4 aromatic rings. The van der Waals surface area contributed by atoms with Crippen molar-refractivity contribution in [3.63, 3.8) is 0 Å². The quantitative estimate of drug-likeness (QED) is 0.215. The predicted octanol–water partition coefficient (Wildman–Crippen LogP) is 6.01. The lowest BCUT2D eigenvalue weighted by Crippen LogP contribution is -2.20. The highest BCUT2D eigenvalue weighted by Crippen LogP contribution is 2.43. The molecule has 186 valence electrons. The molecule has 2 aromatic carbocycles. The van der Waals surface area contributed by atoms with Crippen molar-refractivity contribution in [2.24, 2.45) is 5.92 Å². The van der Waals surface area contributed by atoms with E-state index in [9.17, 15) is 31.1 Å². The number of rotatable bonds is 6. The van der Waals surface area contributed by atoms with Crippen LogP contribution in [-0.4, -0.2) is 24.6 Å². The zero-order chi connectivity index (χ0) is 25.6. The van der Waals surface area contributed by atoms with E-state index in [0.717, 1.165) is 31.0 Å². The fourth-order valence-electron chi connectivity index (χ4n) is 3.96. The molecule has 2 aromatic heterocycles. The first kappa shape index (κ1) is 23.9. The van der Waals surface area contributed by atoms with Gasteiger partial charge in [-0.1, -0.05) is 12.1 Å². The summed E-state index contributed by atoms with van der Waals surface area (Å²) in [4.78, 5) is 19.4. The van der Waals surface area contributed by atoms with E-state index in [4.69, 9.17) is 0 Å². The number of hydrogen-bond donors (Lipinski definition) is 3. The molecule has 0 radical (unpaired) electrons.